The molecular formula is C41H42O17. The second-order valence-electron chi connectivity index (χ2n) is 13.1. The van der Waals surface area contributed by atoms with Crippen molar-refractivity contribution in [1.29, 1.82) is 0 Å². The lowest BCUT2D eigenvalue weighted by atomic mass is 9.97. The van der Waals surface area contributed by atoms with Crippen LogP contribution in [0.25, 0.3) is 0 Å². The molecule has 10 atom stereocenters. The van der Waals surface area contributed by atoms with Gasteiger partial charge in [0.1, 0.15) is 12.7 Å². The van der Waals surface area contributed by atoms with Crippen LogP contribution in [0.3, 0.4) is 0 Å². The van der Waals surface area contributed by atoms with Gasteiger partial charge in [0.15, 0.2) is 36.6 Å². The minimum absolute atomic E-state index is 0.0677. The Balaban J connectivity index is 1.60. The number of esters is 7. The van der Waals surface area contributed by atoms with Gasteiger partial charge in [-0.3, -0.25) is 19.2 Å². The van der Waals surface area contributed by atoms with Crippen molar-refractivity contribution in [2.75, 3.05) is 6.61 Å². The lowest BCUT2D eigenvalue weighted by molar-refractivity contribution is -0.372. The van der Waals surface area contributed by atoms with Crippen LogP contribution in [0.2, 0.25) is 0 Å². The molecule has 17 nitrogen and oxygen atoms in total. The summed E-state index contributed by atoms with van der Waals surface area (Å²) in [5.74, 6) is -6.05. The van der Waals surface area contributed by atoms with E-state index in [0.29, 0.717) is 0 Å². The molecule has 0 spiro atoms. The number of carbonyl (C=O) groups is 7. The van der Waals surface area contributed by atoms with Gasteiger partial charge in [-0.05, 0) is 43.3 Å². The summed E-state index contributed by atoms with van der Waals surface area (Å²) < 4.78 is 58.3. The van der Waals surface area contributed by atoms with E-state index in [-0.39, 0.29) is 16.7 Å². The van der Waals surface area contributed by atoms with Crippen LogP contribution in [0.1, 0.15) is 65.7 Å². The summed E-state index contributed by atoms with van der Waals surface area (Å²) in [5.41, 5.74) is 0.314. The average Bonchev–Trinajstić information content (AvgIpc) is 3.19. The van der Waals surface area contributed by atoms with Crippen LogP contribution in [-0.4, -0.2) is 110 Å². The summed E-state index contributed by atoms with van der Waals surface area (Å²) in [7, 11) is 0. The quantitative estimate of drug-likeness (QED) is 0.179. The fourth-order valence-corrected chi connectivity index (χ4v) is 6.23. The van der Waals surface area contributed by atoms with Crippen LogP contribution in [0.4, 0.5) is 0 Å². The largest absolute Gasteiger partial charge is 0.463 e. The molecule has 0 saturated carbocycles. The first kappa shape index (κ1) is 43.0. The monoisotopic (exact) mass is 806 g/mol. The Morgan fingerprint density at radius 1 is 0.448 bits per heavy atom. The maximum atomic E-state index is 13.8. The highest BCUT2D eigenvalue weighted by molar-refractivity contribution is 5.91. The lowest BCUT2D eigenvalue weighted by Crippen LogP contribution is -2.66. The Kier molecular flexibility index (Phi) is 14.7. The van der Waals surface area contributed by atoms with Crippen LogP contribution in [0, 0.1) is 0 Å². The van der Waals surface area contributed by atoms with Crippen molar-refractivity contribution in [3.8, 4) is 0 Å². The highest BCUT2D eigenvalue weighted by atomic mass is 16.8. The molecule has 58 heavy (non-hydrogen) atoms. The van der Waals surface area contributed by atoms with Gasteiger partial charge >= 0.3 is 41.8 Å². The zero-order chi connectivity index (χ0) is 41.9. The SMILES string of the molecule is CC(=O)OC[C@H]1OC(O[C@@H]2O[C@@H](C)[C@@H](OC(=O)c3ccccc3)[C@@H](OC(=O)c3ccccc3)[C@@H]2OC(=O)c2ccccc2)[C@H](OC(C)=O)[C@@H](OC(C)=O)[C@H]1OC(C)=O. The molecule has 0 aliphatic carbocycles. The Morgan fingerprint density at radius 2 is 0.810 bits per heavy atom. The van der Waals surface area contributed by atoms with Gasteiger partial charge in [-0.2, -0.15) is 0 Å². The molecule has 17 heteroatoms. The zero-order valence-corrected chi connectivity index (χ0v) is 32.1. The molecule has 0 bridgehead atoms. The molecule has 308 valence electrons. The van der Waals surface area contributed by atoms with Gasteiger partial charge in [0.05, 0.1) is 22.8 Å². The molecule has 0 radical (unpaired) electrons. The predicted octanol–water partition coefficient (Wildman–Crippen LogP) is 3.51. The predicted molar refractivity (Wildman–Crippen MR) is 194 cm³/mol. The average molecular weight is 807 g/mol. The first-order valence-corrected chi connectivity index (χ1v) is 18.1. The number of ether oxygens (including phenoxy) is 10. The highest BCUT2D eigenvalue weighted by Crippen LogP contribution is 2.36. The molecule has 2 aliphatic rings. The van der Waals surface area contributed by atoms with E-state index in [1.165, 1.54) is 43.3 Å². The van der Waals surface area contributed by atoms with Gasteiger partial charge in [-0.25, -0.2) is 14.4 Å². The van der Waals surface area contributed by atoms with Crippen LogP contribution in [0.5, 0.6) is 0 Å². The molecule has 2 aliphatic heterocycles. The lowest BCUT2D eigenvalue weighted by Gasteiger charge is -2.47. The van der Waals surface area contributed by atoms with E-state index < -0.39 is 110 Å². The Hall–Kier alpha value is -6.17. The van der Waals surface area contributed by atoms with Crippen LogP contribution < -0.4 is 0 Å². The van der Waals surface area contributed by atoms with Gasteiger partial charge < -0.3 is 47.4 Å². The smallest absolute Gasteiger partial charge is 0.338 e. The van der Waals surface area contributed by atoms with E-state index in [0.717, 1.165) is 27.7 Å². The maximum absolute atomic E-state index is 13.8. The van der Waals surface area contributed by atoms with Crippen molar-refractivity contribution in [2.24, 2.45) is 0 Å². The molecule has 2 heterocycles. The van der Waals surface area contributed by atoms with Gasteiger partial charge in [0.25, 0.3) is 0 Å². The summed E-state index contributed by atoms with van der Waals surface area (Å²) in [5, 5.41) is 0. The maximum Gasteiger partial charge on any atom is 0.338 e. The summed E-state index contributed by atoms with van der Waals surface area (Å²) in [4.78, 5) is 90.1. The van der Waals surface area contributed by atoms with E-state index in [2.05, 4.69) is 0 Å². The molecule has 2 fully saturated rings. The minimum atomic E-state index is -1.82. The number of benzene rings is 3. The summed E-state index contributed by atoms with van der Waals surface area (Å²) >= 11 is 0. The normalized spacial score (nSPS) is 26.5. The van der Waals surface area contributed by atoms with Crippen LogP contribution in [0.15, 0.2) is 91.0 Å². The van der Waals surface area contributed by atoms with Crippen LogP contribution in [-0.2, 0) is 66.5 Å². The van der Waals surface area contributed by atoms with Crippen LogP contribution >= 0.6 is 0 Å². The first-order valence-electron chi connectivity index (χ1n) is 18.1. The number of hydrogen-bond donors (Lipinski definition) is 0. The van der Waals surface area contributed by atoms with Crippen molar-refractivity contribution in [3.63, 3.8) is 0 Å². The molecule has 3 aromatic carbocycles. The van der Waals surface area contributed by atoms with Gasteiger partial charge in [-0.1, -0.05) is 54.6 Å². The number of carbonyl (C=O) groups excluding carboxylic acids is 7. The van der Waals surface area contributed by atoms with E-state index >= 15 is 0 Å². The molecule has 2 saturated heterocycles. The second-order valence-corrected chi connectivity index (χ2v) is 13.1. The molecule has 0 amide bonds. The number of hydrogen-bond acceptors (Lipinski definition) is 17. The van der Waals surface area contributed by atoms with Crippen molar-refractivity contribution < 1.29 is 80.9 Å². The Bertz CT molecular complexity index is 1920. The van der Waals surface area contributed by atoms with Crippen molar-refractivity contribution >= 4 is 41.8 Å². The van der Waals surface area contributed by atoms with E-state index in [9.17, 15) is 33.6 Å². The third-order valence-corrected chi connectivity index (χ3v) is 8.70. The van der Waals surface area contributed by atoms with E-state index in [4.69, 9.17) is 47.4 Å². The van der Waals surface area contributed by atoms with Crippen molar-refractivity contribution in [3.05, 3.63) is 108 Å². The summed E-state index contributed by atoms with van der Waals surface area (Å²) in [6, 6.07) is 23.5. The zero-order valence-electron chi connectivity index (χ0n) is 32.1. The van der Waals surface area contributed by atoms with Gasteiger partial charge in [-0.15, -0.1) is 0 Å². The first-order chi connectivity index (χ1) is 27.7. The topological polar surface area (TPSA) is 212 Å². The van der Waals surface area contributed by atoms with E-state index in [1.807, 2.05) is 0 Å². The Labute approximate surface area is 332 Å². The molecule has 0 N–H and O–H groups in total. The molecule has 0 aromatic heterocycles. The number of rotatable bonds is 13. The summed E-state index contributed by atoms with van der Waals surface area (Å²) in [6.45, 7) is 5.19. The minimum Gasteiger partial charge on any atom is -0.463 e. The fourth-order valence-electron chi connectivity index (χ4n) is 6.23. The molecule has 3 aromatic rings. The van der Waals surface area contributed by atoms with Crippen molar-refractivity contribution in [1.82, 2.24) is 0 Å². The standard InChI is InChI=1S/C41H42O17/c1-22-31(55-37(46)27-15-9-6-10-16-27)33(56-38(47)28-17-11-7-12-18-28)36(57-39(48)29-19-13-8-14-20-29)40(50-22)58-41-35(53-26(5)45)34(52-25(4)44)32(51-24(3)43)30(54-41)21-49-23(2)42/h6-20,22,30-36,40-41H,21H2,1-5H3/t22-,30+,31+,32-,33+,34-,35+,36-,40-,41?/m0/s1. The second kappa shape index (κ2) is 19.8. The third-order valence-electron chi connectivity index (χ3n) is 8.70. The summed E-state index contributed by atoms with van der Waals surface area (Å²) in [6.07, 6.45) is -15.9. The van der Waals surface area contributed by atoms with Gasteiger partial charge in [0.2, 0.25) is 12.6 Å². The Morgan fingerprint density at radius 3 is 1.26 bits per heavy atom. The molecule has 1 unspecified atom stereocenters. The van der Waals surface area contributed by atoms with Gasteiger partial charge in [0, 0.05) is 27.7 Å². The molecular weight excluding hydrogens is 764 g/mol. The van der Waals surface area contributed by atoms with E-state index in [1.54, 1.807) is 54.6 Å². The highest BCUT2D eigenvalue weighted by Gasteiger charge is 2.57. The third kappa shape index (κ3) is 11.2. The fraction of sp³-hybridized carbons (Fsp3) is 0.390. The van der Waals surface area contributed by atoms with Crippen molar-refractivity contribution in [2.45, 2.75) is 96.0 Å². The molecule has 5 rings (SSSR count).